The predicted molar refractivity (Wildman–Crippen MR) is 59.2 cm³/mol. The van der Waals surface area contributed by atoms with Gasteiger partial charge in [-0.05, 0) is 12.1 Å². The highest BCUT2D eigenvalue weighted by molar-refractivity contribution is 7.13. The molecule has 0 aliphatic rings. The van der Waals surface area contributed by atoms with E-state index in [1.165, 1.54) is 23.7 Å². The highest BCUT2D eigenvalue weighted by Crippen LogP contribution is 2.30. The molecule has 90 valence electrons. The zero-order valence-electron chi connectivity index (χ0n) is 8.75. The molecule has 0 bridgehead atoms. The lowest BCUT2D eigenvalue weighted by Gasteiger charge is -2.05. The van der Waals surface area contributed by atoms with Crippen molar-refractivity contribution in [2.24, 2.45) is 0 Å². The molecule has 0 saturated heterocycles. The van der Waals surface area contributed by atoms with Crippen LogP contribution in [0.4, 0.5) is 24.0 Å². The summed E-state index contributed by atoms with van der Waals surface area (Å²) >= 11 is 1.05. The minimum Gasteiger partial charge on any atom is -0.330 e. The number of hydrogen-bond acceptors (Lipinski definition) is 4. The Bertz CT molecular complexity index is 504. The van der Waals surface area contributed by atoms with Gasteiger partial charge in [0.05, 0.1) is 11.9 Å². The van der Waals surface area contributed by atoms with E-state index in [4.69, 9.17) is 0 Å². The van der Waals surface area contributed by atoms with Gasteiger partial charge in [-0.2, -0.15) is 13.2 Å². The lowest BCUT2D eigenvalue weighted by molar-refractivity contribution is 0.0135. The van der Waals surface area contributed by atoms with Gasteiger partial charge in [-0.15, -0.1) is 11.3 Å². The maximum atomic E-state index is 12.9. The summed E-state index contributed by atoms with van der Waals surface area (Å²) in [4.78, 5) is 7.17. The molecule has 7 heteroatoms. The Balaban J connectivity index is 2.14. The summed E-state index contributed by atoms with van der Waals surface area (Å²) in [6, 6.07) is 2.62. The standard InChI is InChI=1S/C10H8F3N3S/c1-10(12,13)7-5-17-9(16-7)15-6-2-3-8(11)14-4-6/h2-5H,1H3,(H,15,16). The number of aromatic nitrogens is 2. The van der Waals surface area contributed by atoms with Crippen LogP contribution in [0.15, 0.2) is 23.7 Å². The Morgan fingerprint density at radius 1 is 1.35 bits per heavy atom. The first-order chi connectivity index (χ1) is 7.95. The summed E-state index contributed by atoms with van der Waals surface area (Å²) in [6.07, 6.45) is 1.26. The van der Waals surface area contributed by atoms with Crippen molar-refractivity contribution in [2.75, 3.05) is 5.32 Å². The van der Waals surface area contributed by atoms with Crippen LogP contribution >= 0.6 is 11.3 Å². The van der Waals surface area contributed by atoms with E-state index >= 15 is 0 Å². The van der Waals surface area contributed by atoms with Crippen LogP contribution in [0.1, 0.15) is 12.6 Å². The normalized spacial score (nSPS) is 11.5. The molecule has 0 amide bonds. The summed E-state index contributed by atoms with van der Waals surface area (Å²) in [5.74, 6) is -3.56. The molecular formula is C10H8F3N3S. The van der Waals surface area contributed by atoms with Crippen molar-refractivity contribution in [1.82, 2.24) is 9.97 Å². The molecule has 0 fully saturated rings. The monoisotopic (exact) mass is 259 g/mol. The number of pyridine rings is 1. The fraction of sp³-hybridized carbons (Fsp3) is 0.200. The molecular weight excluding hydrogens is 251 g/mol. The molecule has 2 aromatic heterocycles. The first kappa shape index (κ1) is 11.8. The lowest BCUT2D eigenvalue weighted by atomic mass is 10.3. The van der Waals surface area contributed by atoms with Crippen LogP contribution in [0, 0.1) is 5.95 Å². The average Bonchev–Trinajstić information content (AvgIpc) is 2.69. The maximum absolute atomic E-state index is 12.9. The van der Waals surface area contributed by atoms with Gasteiger partial charge < -0.3 is 5.32 Å². The van der Waals surface area contributed by atoms with Crippen molar-refractivity contribution < 1.29 is 13.2 Å². The van der Waals surface area contributed by atoms with Crippen LogP contribution in [-0.2, 0) is 5.92 Å². The highest BCUT2D eigenvalue weighted by atomic mass is 32.1. The summed E-state index contributed by atoms with van der Waals surface area (Å²) < 4.78 is 38.4. The molecule has 0 aromatic carbocycles. The average molecular weight is 259 g/mol. The number of nitrogens with one attached hydrogen (secondary N) is 1. The third-order valence-electron chi connectivity index (χ3n) is 1.93. The zero-order chi connectivity index (χ0) is 12.5. The summed E-state index contributed by atoms with van der Waals surface area (Å²) in [5.41, 5.74) is 0.201. The molecule has 0 radical (unpaired) electrons. The van der Waals surface area contributed by atoms with Crippen molar-refractivity contribution in [2.45, 2.75) is 12.8 Å². The Hall–Kier alpha value is -1.63. The number of anilines is 2. The molecule has 0 unspecified atom stereocenters. The van der Waals surface area contributed by atoms with Crippen molar-refractivity contribution in [3.63, 3.8) is 0 Å². The third-order valence-corrected chi connectivity index (χ3v) is 2.69. The third kappa shape index (κ3) is 2.94. The Labute approximate surface area is 99.3 Å². The van der Waals surface area contributed by atoms with Crippen molar-refractivity contribution in [3.05, 3.63) is 35.4 Å². The van der Waals surface area contributed by atoms with Crippen LogP contribution in [0.5, 0.6) is 0 Å². The number of thiazole rings is 1. The Morgan fingerprint density at radius 3 is 2.65 bits per heavy atom. The summed E-state index contributed by atoms with van der Waals surface area (Å²) in [5, 5.41) is 4.36. The van der Waals surface area contributed by atoms with Crippen LogP contribution in [0.25, 0.3) is 0 Å². The van der Waals surface area contributed by atoms with E-state index in [9.17, 15) is 13.2 Å². The number of hydrogen-bond donors (Lipinski definition) is 1. The van der Waals surface area contributed by atoms with E-state index < -0.39 is 11.9 Å². The molecule has 2 heterocycles. The molecule has 17 heavy (non-hydrogen) atoms. The van der Waals surface area contributed by atoms with Crippen molar-refractivity contribution >= 4 is 22.2 Å². The maximum Gasteiger partial charge on any atom is 0.287 e. The van der Waals surface area contributed by atoms with E-state index in [1.807, 2.05) is 0 Å². The fourth-order valence-corrected chi connectivity index (χ4v) is 1.92. The first-order valence-electron chi connectivity index (χ1n) is 4.67. The van der Waals surface area contributed by atoms with Crippen LogP contribution in [0.2, 0.25) is 0 Å². The summed E-state index contributed by atoms with van der Waals surface area (Å²) in [7, 11) is 0. The van der Waals surface area contributed by atoms with Gasteiger partial charge in [0.15, 0.2) is 5.13 Å². The second-order valence-corrected chi connectivity index (χ2v) is 4.28. The first-order valence-corrected chi connectivity index (χ1v) is 5.55. The van der Waals surface area contributed by atoms with Gasteiger partial charge in [0.2, 0.25) is 5.95 Å². The second kappa shape index (κ2) is 4.33. The van der Waals surface area contributed by atoms with Gasteiger partial charge in [0, 0.05) is 12.3 Å². The number of nitrogens with zero attached hydrogens (tertiary/aromatic N) is 2. The van der Waals surface area contributed by atoms with Gasteiger partial charge >= 0.3 is 0 Å². The largest absolute Gasteiger partial charge is 0.330 e. The minimum absolute atomic E-state index is 0.292. The van der Waals surface area contributed by atoms with E-state index in [1.54, 1.807) is 0 Å². The van der Waals surface area contributed by atoms with Gasteiger partial charge in [0.1, 0.15) is 5.69 Å². The quantitative estimate of drug-likeness (QED) is 0.857. The molecule has 0 aliphatic carbocycles. The van der Waals surface area contributed by atoms with Gasteiger partial charge in [-0.1, -0.05) is 0 Å². The number of alkyl halides is 2. The summed E-state index contributed by atoms with van der Waals surface area (Å²) in [6.45, 7) is 0.783. The molecule has 2 aromatic rings. The van der Waals surface area contributed by atoms with E-state index in [0.717, 1.165) is 18.3 Å². The SMILES string of the molecule is CC(F)(F)c1csc(Nc2ccc(F)nc2)n1. The Morgan fingerprint density at radius 2 is 2.12 bits per heavy atom. The van der Waals surface area contributed by atoms with Crippen molar-refractivity contribution in [1.29, 1.82) is 0 Å². The van der Waals surface area contributed by atoms with E-state index in [0.29, 0.717) is 10.8 Å². The Kier molecular flexibility index (Phi) is 3.01. The molecule has 2 rings (SSSR count). The number of halogens is 3. The van der Waals surface area contributed by atoms with Crippen LogP contribution in [-0.4, -0.2) is 9.97 Å². The highest BCUT2D eigenvalue weighted by Gasteiger charge is 2.27. The van der Waals surface area contributed by atoms with Crippen molar-refractivity contribution in [3.8, 4) is 0 Å². The fourth-order valence-electron chi connectivity index (χ4n) is 1.11. The van der Waals surface area contributed by atoms with E-state index in [2.05, 4.69) is 15.3 Å². The van der Waals surface area contributed by atoms with Crippen LogP contribution < -0.4 is 5.32 Å². The van der Waals surface area contributed by atoms with E-state index in [-0.39, 0.29) is 5.69 Å². The second-order valence-electron chi connectivity index (χ2n) is 3.42. The topological polar surface area (TPSA) is 37.8 Å². The smallest absolute Gasteiger partial charge is 0.287 e. The molecule has 0 atom stereocenters. The van der Waals surface area contributed by atoms with Crippen LogP contribution in [0.3, 0.4) is 0 Å². The molecule has 0 aliphatic heterocycles. The molecule has 0 saturated carbocycles. The predicted octanol–water partition coefficient (Wildman–Crippen LogP) is 3.53. The molecule has 3 nitrogen and oxygen atoms in total. The number of rotatable bonds is 3. The molecule has 1 N–H and O–H groups in total. The zero-order valence-corrected chi connectivity index (χ0v) is 9.56. The lowest BCUT2D eigenvalue weighted by Crippen LogP contribution is -2.07. The molecule has 0 spiro atoms. The van der Waals surface area contributed by atoms with Gasteiger partial charge in [-0.25, -0.2) is 9.97 Å². The minimum atomic E-state index is -2.96. The van der Waals surface area contributed by atoms with Gasteiger partial charge in [-0.3, -0.25) is 0 Å². The van der Waals surface area contributed by atoms with Gasteiger partial charge in [0.25, 0.3) is 5.92 Å².